The normalized spacial score (nSPS) is 16.2. The molecule has 0 spiro atoms. The lowest BCUT2D eigenvalue weighted by molar-refractivity contribution is -0.125. The highest BCUT2D eigenvalue weighted by Gasteiger charge is 2.33. The van der Waals surface area contributed by atoms with Gasteiger partial charge in [-0.25, -0.2) is 14.1 Å². The molecule has 1 atom stereocenters. The van der Waals surface area contributed by atoms with Crippen LogP contribution in [0.4, 0.5) is 10.1 Å². The van der Waals surface area contributed by atoms with E-state index >= 15 is 0 Å². The highest BCUT2D eigenvalue weighted by molar-refractivity contribution is 6.05. The molecule has 0 bridgehead atoms. The highest BCUT2D eigenvalue weighted by atomic mass is 19.1. The number of rotatable bonds is 5. The van der Waals surface area contributed by atoms with E-state index in [1.807, 2.05) is 13.8 Å². The van der Waals surface area contributed by atoms with E-state index in [9.17, 15) is 14.0 Å². The van der Waals surface area contributed by atoms with Gasteiger partial charge in [0, 0.05) is 12.5 Å². The number of carbonyl (C=O) groups excluding carboxylic acids is 2. The van der Waals surface area contributed by atoms with Gasteiger partial charge in [-0.15, -0.1) is 0 Å². The summed E-state index contributed by atoms with van der Waals surface area (Å²) in [7, 11) is 0. The molecular weight excluding hydrogens is 313 g/mol. The van der Waals surface area contributed by atoms with Gasteiger partial charge in [0.1, 0.15) is 18.0 Å². The third-order valence-corrected chi connectivity index (χ3v) is 3.96. The van der Waals surface area contributed by atoms with Crippen molar-refractivity contribution in [1.82, 2.24) is 20.1 Å². The maximum absolute atomic E-state index is 13.7. The number of halogens is 1. The summed E-state index contributed by atoms with van der Waals surface area (Å²) in [6.07, 6.45) is 1.39. The number of para-hydroxylation sites is 1. The van der Waals surface area contributed by atoms with Crippen LogP contribution in [-0.4, -0.2) is 26.6 Å². The second-order valence-corrected chi connectivity index (χ2v) is 5.94. The zero-order valence-corrected chi connectivity index (χ0v) is 13.4. The van der Waals surface area contributed by atoms with Gasteiger partial charge < -0.3 is 10.6 Å². The molecule has 2 heterocycles. The fraction of sp³-hybridized carbons (Fsp3) is 0.375. The SMILES string of the molecule is CC(C)n1ncnc1CNC(=O)CC1C(=O)Nc2c(F)cccc21. The summed E-state index contributed by atoms with van der Waals surface area (Å²) >= 11 is 0. The van der Waals surface area contributed by atoms with Gasteiger partial charge in [-0.05, 0) is 25.5 Å². The number of hydrogen-bond donors (Lipinski definition) is 2. The van der Waals surface area contributed by atoms with Gasteiger partial charge in [0.25, 0.3) is 0 Å². The van der Waals surface area contributed by atoms with E-state index in [0.717, 1.165) is 0 Å². The third-order valence-electron chi connectivity index (χ3n) is 3.96. The number of amides is 2. The summed E-state index contributed by atoms with van der Waals surface area (Å²) in [6.45, 7) is 4.16. The first-order valence-electron chi connectivity index (χ1n) is 7.71. The van der Waals surface area contributed by atoms with Crippen LogP contribution >= 0.6 is 0 Å². The lowest BCUT2D eigenvalue weighted by Crippen LogP contribution is -2.28. The molecule has 126 valence electrons. The van der Waals surface area contributed by atoms with E-state index in [1.54, 1.807) is 10.7 Å². The number of hydrogen-bond acceptors (Lipinski definition) is 4. The molecule has 2 N–H and O–H groups in total. The average molecular weight is 331 g/mol. The Morgan fingerprint density at radius 1 is 1.46 bits per heavy atom. The molecule has 1 aromatic heterocycles. The Morgan fingerprint density at radius 3 is 3.00 bits per heavy atom. The average Bonchev–Trinajstić information content (AvgIpc) is 3.12. The molecule has 3 rings (SSSR count). The highest BCUT2D eigenvalue weighted by Crippen LogP contribution is 2.36. The first kappa shape index (κ1) is 16.1. The van der Waals surface area contributed by atoms with Crippen LogP contribution in [0.2, 0.25) is 0 Å². The Labute approximate surface area is 138 Å². The molecule has 0 fully saturated rings. The van der Waals surface area contributed by atoms with Gasteiger partial charge in [0.15, 0.2) is 0 Å². The van der Waals surface area contributed by atoms with Crippen molar-refractivity contribution >= 4 is 17.5 Å². The molecule has 1 aromatic carbocycles. The number of nitrogens with one attached hydrogen (secondary N) is 2. The van der Waals surface area contributed by atoms with Gasteiger partial charge in [-0.2, -0.15) is 5.10 Å². The Bertz CT molecular complexity index is 787. The number of aromatic nitrogens is 3. The molecule has 1 aliphatic rings. The number of fused-ring (bicyclic) bond motifs is 1. The number of nitrogens with zero attached hydrogens (tertiary/aromatic N) is 3. The van der Waals surface area contributed by atoms with Crippen LogP contribution < -0.4 is 10.6 Å². The van der Waals surface area contributed by atoms with Crippen LogP contribution in [0, 0.1) is 5.82 Å². The summed E-state index contributed by atoms with van der Waals surface area (Å²) in [5.41, 5.74) is 0.681. The van der Waals surface area contributed by atoms with Crippen LogP contribution in [0.3, 0.4) is 0 Å². The topological polar surface area (TPSA) is 88.9 Å². The molecule has 1 unspecified atom stereocenters. The largest absolute Gasteiger partial charge is 0.349 e. The maximum atomic E-state index is 13.7. The van der Waals surface area contributed by atoms with E-state index in [4.69, 9.17) is 0 Å². The molecule has 0 radical (unpaired) electrons. The summed E-state index contributed by atoms with van der Waals surface area (Å²) < 4.78 is 15.4. The van der Waals surface area contributed by atoms with Crippen molar-refractivity contribution in [2.75, 3.05) is 5.32 Å². The third kappa shape index (κ3) is 2.99. The fourth-order valence-corrected chi connectivity index (χ4v) is 2.78. The zero-order valence-electron chi connectivity index (χ0n) is 13.4. The van der Waals surface area contributed by atoms with Crippen molar-refractivity contribution in [2.24, 2.45) is 0 Å². The van der Waals surface area contributed by atoms with Crippen LogP contribution in [-0.2, 0) is 16.1 Å². The van der Waals surface area contributed by atoms with E-state index < -0.39 is 11.7 Å². The van der Waals surface area contributed by atoms with Crippen molar-refractivity contribution in [2.45, 2.75) is 38.8 Å². The zero-order chi connectivity index (χ0) is 17.3. The van der Waals surface area contributed by atoms with Crippen LogP contribution in [0.15, 0.2) is 24.5 Å². The molecular formula is C16H18FN5O2. The minimum absolute atomic E-state index is 0.0435. The second kappa shape index (κ2) is 6.38. The van der Waals surface area contributed by atoms with Crippen molar-refractivity contribution in [1.29, 1.82) is 0 Å². The van der Waals surface area contributed by atoms with Crippen molar-refractivity contribution < 1.29 is 14.0 Å². The van der Waals surface area contributed by atoms with E-state index in [2.05, 4.69) is 20.7 Å². The monoisotopic (exact) mass is 331 g/mol. The lowest BCUT2D eigenvalue weighted by Gasteiger charge is -2.11. The predicted octanol–water partition coefficient (Wildman–Crippen LogP) is 1.74. The van der Waals surface area contributed by atoms with E-state index in [-0.39, 0.29) is 36.5 Å². The van der Waals surface area contributed by atoms with Gasteiger partial charge in [0.2, 0.25) is 11.8 Å². The first-order valence-corrected chi connectivity index (χ1v) is 7.71. The van der Waals surface area contributed by atoms with E-state index in [1.165, 1.54) is 18.5 Å². The van der Waals surface area contributed by atoms with Crippen LogP contribution in [0.1, 0.15) is 43.6 Å². The molecule has 24 heavy (non-hydrogen) atoms. The van der Waals surface area contributed by atoms with Crippen molar-refractivity contribution in [3.05, 3.63) is 41.7 Å². The first-order chi connectivity index (χ1) is 11.5. The summed E-state index contributed by atoms with van der Waals surface area (Å²) in [5, 5.41) is 9.33. The van der Waals surface area contributed by atoms with Crippen molar-refractivity contribution in [3.63, 3.8) is 0 Å². The van der Waals surface area contributed by atoms with Gasteiger partial charge in [-0.1, -0.05) is 12.1 Å². The fourth-order valence-electron chi connectivity index (χ4n) is 2.78. The molecule has 8 heteroatoms. The smallest absolute Gasteiger partial charge is 0.232 e. The summed E-state index contributed by atoms with van der Waals surface area (Å²) in [6, 6.07) is 4.60. The Morgan fingerprint density at radius 2 is 2.25 bits per heavy atom. The Balaban J connectivity index is 1.65. The Kier molecular flexibility index (Phi) is 4.28. The lowest BCUT2D eigenvalue weighted by atomic mass is 9.97. The number of anilines is 1. The van der Waals surface area contributed by atoms with Crippen molar-refractivity contribution in [3.8, 4) is 0 Å². The maximum Gasteiger partial charge on any atom is 0.232 e. The molecule has 1 aliphatic heterocycles. The van der Waals surface area contributed by atoms with Crippen LogP contribution in [0.5, 0.6) is 0 Å². The minimum atomic E-state index is -0.682. The van der Waals surface area contributed by atoms with Gasteiger partial charge in [-0.3, -0.25) is 9.59 Å². The van der Waals surface area contributed by atoms with E-state index in [0.29, 0.717) is 11.4 Å². The molecule has 0 aliphatic carbocycles. The standard InChI is InChI=1S/C16H18FN5O2/c1-9(2)22-13(19-8-20-22)7-18-14(23)6-11-10-4-3-5-12(17)15(10)21-16(11)24/h3-5,8-9,11H,6-7H2,1-2H3,(H,18,23)(H,21,24). The predicted molar refractivity (Wildman–Crippen MR) is 84.6 cm³/mol. The quantitative estimate of drug-likeness (QED) is 0.873. The second-order valence-electron chi connectivity index (χ2n) is 5.94. The van der Waals surface area contributed by atoms with Gasteiger partial charge in [0.05, 0.1) is 18.2 Å². The van der Waals surface area contributed by atoms with Gasteiger partial charge >= 0.3 is 0 Å². The number of carbonyl (C=O) groups is 2. The summed E-state index contributed by atoms with van der Waals surface area (Å²) in [5.74, 6) is -1.20. The van der Waals surface area contributed by atoms with Crippen LogP contribution in [0.25, 0.3) is 0 Å². The summed E-state index contributed by atoms with van der Waals surface area (Å²) in [4.78, 5) is 28.3. The Hall–Kier alpha value is -2.77. The minimum Gasteiger partial charge on any atom is -0.349 e. The number of benzene rings is 1. The molecule has 0 saturated carbocycles. The molecule has 0 saturated heterocycles. The molecule has 2 amide bonds. The molecule has 2 aromatic rings. The molecule has 7 nitrogen and oxygen atoms in total.